The number of unbranched alkanes of at least 4 members (excludes halogenated alkanes) is 13. The molecule has 2 heterocycles. The molecule has 0 N–H and O–H groups in total. The molecule has 1 unspecified atom stereocenters. The number of carbonyl (C=O) groups is 1. The number of anilines is 1. The van der Waals surface area contributed by atoms with E-state index in [1.165, 1.54) is 89.0 Å². The van der Waals surface area contributed by atoms with E-state index < -0.39 is 0 Å². The molecule has 0 radical (unpaired) electrons. The fourth-order valence-electron chi connectivity index (χ4n) is 5.89. The number of para-hydroxylation sites is 3. The summed E-state index contributed by atoms with van der Waals surface area (Å²) in [6, 6.07) is 16.0. The standard InChI is InChI=1S/C33H46ClN3O/c1-2-3-4-5-6-7-8-9-10-11-12-13-14-19-24-36-31-23-18-16-21-29(31)35-33(36)27-25-32(38)37(26-27)30-22-17-15-20-28(30)34/h15-18,20-23,27H,2-14,19,24-26H2,1H3. The summed E-state index contributed by atoms with van der Waals surface area (Å²) >= 11 is 6.42. The maximum absolute atomic E-state index is 13.0. The minimum absolute atomic E-state index is 0.0813. The van der Waals surface area contributed by atoms with Gasteiger partial charge in [-0.3, -0.25) is 4.79 Å². The molecule has 4 nitrogen and oxygen atoms in total. The van der Waals surface area contributed by atoms with E-state index in [1.807, 2.05) is 35.2 Å². The number of hydrogen-bond donors (Lipinski definition) is 0. The monoisotopic (exact) mass is 535 g/mol. The zero-order valence-corrected chi connectivity index (χ0v) is 24.1. The van der Waals surface area contributed by atoms with Crippen LogP contribution < -0.4 is 4.90 Å². The maximum Gasteiger partial charge on any atom is 0.227 e. The molecular weight excluding hydrogens is 490 g/mol. The zero-order valence-electron chi connectivity index (χ0n) is 23.3. The Bertz CT molecular complexity index is 1140. The van der Waals surface area contributed by atoms with E-state index in [-0.39, 0.29) is 11.8 Å². The first-order chi connectivity index (χ1) is 18.7. The Morgan fingerprint density at radius 2 is 1.37 bits per heavy atom. The number of halogens is 1. The Morgan fingerprint density at radius 3 is 2.03 bits per heavy atom. The Morgan fingerprint density at radius 1 is 0.789 bits per heavy atom. The van der Waals surface area contributed by atoms with Crippen LogP contribution in [0.2, 0.25) is 5.02 Å². The SMILES string of the molecule is CCCCCCCCCCCCCCCCn1c(C2CC(=O)N(c3ccccc3Cl)C2)nc2ccccc21. The van der Waals surface area contributed by atoms with Gasteiger partial charge in [0.2, 0.25) is 5.91 Å². The van der Waals surface area contributed by atoms with E-state index in [0.717, 1.165) is 30.0 Å². The summed E-state index contributed by atoms with van der Waals surface area (Å²) < 4.78 is 2.38. The Kier molecular flexibility index (Phi) is 11.6. The molecule has 1 atom stereocenters. The van der Waals surface area contributed by atoms with Crippen LogP contribution in [0.1, 0.15) is 115 Å². The molecule has 1 aromatic heterocycles. The Labute approximate surface area is 234 Å². The van der Waals surface area contributed by atoms with E-state index in [4.69, 9.17) is 16.6 Å². The first-order valence-electron chi connectivity index (χ1n) is 15.2. The van der Waals surface area contributed by atoms with Crippen molar-refractivity contribution < 1.29 is 4.79 Å². The lowest BCUT2D eigenvalue weighted by molar-refractivity contribution is -0.117. The first-order valence-corrected chi connectivity index (χ1v) is 15.6. The molecule has 38 heavy (non-hydrogen) atoms. The summed E-state index contributed by atoms with van der Waals surface area (Å²) in [7, 11) is 0. The predicted molar refractivity (Wildman–Crippen MR) is 161 cm³/mol. The van der Waals surface area contributed by atoms with Gasteiger partial charge in [0.15, 0.2) is 0 Å². The number of amides is 1. The molecule has 1 aliphatic rings. The highest BCUT2D eigenvalue weighted by molar-refractivity contribution is 6.33. The van der Waals surface area contributed by atoms with Crippen LogP contribution in [-0.2, 0) is 11.3 Å². The number of nitrogens with zero attached hydrogens (tertiary/aromatic N) is 3. The highest BCUT2D eigenvalue weighted by Crippen LogP contribution is 2.36. The van der Waals surface area contributed by atoms with Gasteiger partial charge in [0.05, 0.1) is 21.7 Å². The summed E-state index contributed by atoms with van der Waals surface area (Å²) in [4.78, 5) is 19.8. The van der Waals surface area contributed by atoms with Crippen molar-refractivity contribution in [1.82, 2.24) is 9.55 Å². The van der Waals surface area contributed by atoms with Gasteiger partial charge in [0.25, 0.3) is 0 Å². The maximum atomic E-state index is 13.0. The van der Waals surface area contributed by atoms with Gasteiger partial charge in [0.1, 0.15) is 5.82 Å². The summed E-state index contributed by atoms with van der Waals surface area (Å²) in [6.45, 7) is 3.88. The summed E-state index contributed by atoms with van der Waals surface area (Å²) in [5, 5.41) is 0.623. The lowest BCUT2D eigenvalue weighted by Crippen LogP contribution is -2.24. The summed E-state index contributed by atoms with van der Waals surface area (Å²) in [5.74, 6) is 1.25. The first kappa shape index (κ1) is 28.7. The predicted octanol–water partition coefficient (Wildman–Crippen LogP) is 9.69. The number of imidazole rings is 1. The molecule has 0 bridgehead atoms. The van der Waals surface area contributed by atoms with E-state index >= 15 is 0 Å². The van der Waals surface area contributed by atoms with E-state index in [1.54, 1.807) is 0 Å². The fraction of sp³-hybridized carbons (Fsp3) is 0.576. The lowest BCUT2D eigenvalue weighted by atomic mass is 10.0. The molecule has 5 heteroatoms. The number of aromatic nitrogens is 2. The Hall–Kier alpha value is -2.33. The average molecular weight is 536 g/mol. The topological polar surface area (TPSA) is 38.1 Å². The average Bonchev–Trinajstić information content (AvgIpc) is 3.49. The highest BCUT2D eigenvalue weighted by Gasteiger charge is 2.35. The number of aryl methyl sites for hydroxylation is 1. The van der Waals surface area contributed by atoms with Crippen molar-refractivity contribution >= 4 is 34.2 Å². The van der Waals surface area contributed by atoms with E-state index in [0.29, 0.717) is 18.0 Å². The lowest BCUT2D eigenvalue weighted by Gasteiger charge is -2.18. The van der Waals surface area contributed by atoms with Gasteiger partial charge < -0.3 is 9.47 Å². The van der Waals surface area contributed by atoms with Crippen LogP contribution in [0.15, 0.2) is 48.5 Å². The van der Waals surface area contributed by atoms with Gasteiger partial charge in [0, 0.05) is 25.4 Å². The molecule has 1 fully saturated rings. The van der Waals surface area contributed by atoms with Crippen molar-refractivity contribution in [3.05, 3.63) is 59.4 Å². The molecule has 1 aliphatic heterocycles. The quantitative estimate of drug-likeness (QED) is 0.161. The van der Waals surface area contributed by atoms with Gasteiger partial charge >= 0.3 is 0 Å². The zero-order chi connectivity index (χ0) is 26.6. The van der Waals surface area contributed by atoms with Crippen molar-refractivity contribution in [1.29, 1.82) is 0 Å². The third kappa shape index (κ3) is 7.85. The minimum atomic E-state index is 0.0813. The van der Waals surface area contributed by atoms with Gasteiger partial charge in [-0.05, 0) is 30.7 Å². The van der Waals surface area contributed by atoms with E-state index in [2.05, 4.69) is 29.7 Å². The second kappa shape index (κ2) is 15.3. The fourth-order valence-corrected chi connectivity index (χ4v) is 6.13. The number of carbonyl (C=O) groups excluding carboxylic acids is 1. The van der Waals surface area contributed by atoms with Crippen LogP contribution in [0.3, 0.4) is 0 Å². The van der Waals surface area contributed by atoms with Gasteiger partial charge in [-0.2, -0.15) is 0 Å². The molecule has 0 saturated carbocycles. The normalized spacial score (nSPS) is 15.7. The molecule has 1 saturated heterocycles. The van der Waals surface area contributed by atoms with Crippen molar-refractivity contribution in [3.8, 4) is 0 Å². The number of benzene rings is 2. The van der Waals surface area contributed by atoms with Crippen molar-refractivity contribution in [2.24, 2.45) is 0 Å². The molecule has 206 valence electrons. The van der Waals surface area contributed by atoms with Crippen molar-refractivity contribution in [3.63, 3.8) is 0 Å². The van der Waals surface area contributed by atoms with Crippen LogP contribution in [0.4, 0.5) is 5.69 Å². The molecule has 4 rings (SSSR count). The van der Waals surface area contributed by atoms with Crippen LogP contribution in [0.5, 0.6) is 0 Å². The molecular formula is C33H46ClN3O. The second-order valence-corrected chi connectivity index (χ2v) is 11.5. The molecule has 0 spiro atoms. The third-order valence-corrected chi connectivity index (χ3v) is 8.37. The van der Waals surface area contributed by atoms with E-state index in [9.17, 15) is 4.79 Å². The van der Waals surface area contributed by atoms with Crippen LogP contribution in [0.25, 0.3) is 11.0 Å². The molecule has 1 amide bonds. The minimum Gasteiger partial charge on any atom is -0.328 e. The second-order valence-electron chi connectivity index (χ2n) is 11.1. The summed E-state index contributed by atoms with van der Waals surface area (Å²) in [6.07, 6.45) is 19.6. The highest BCUT2D eigenvalue weighted by atomic mass is 35.5. The Balaban J connectivity index is 1.23. The smallest absolute Gasteiger partial charge is 0.227 e. The number of rotatable bonds is 17. The van der Waals surface area contributed by atoms with Gasteiger partial charge in [-0.15, -0.1) is 0 Å². The summed E-state index contributed by atoms with van der Waals surface area (Å²) in [5.41, 5.74) is 3.01. The largest absolute Gasteiger partial charge is 0.328 e. The third-order valence-electron chi connectivity index (χ3n) is 8.05. The number of fused-ring (bicyclic) bond motifs is 1. The van der Waals surface area contributed by atoms with Gasteiger partial charge in [-0.1, -0.05) is 126 Å². The van der Waals surface area contributed by atoms with Crippen LogP contribution >= 0.6 is 11.6 Å². The van der Waals surface area contributed by atoms with Gasteiger partial charge in [-0.25, -0.2) is 4.98 Å². The molecule has 0 aliphatic carbocycles. The van der Waals surface area contributed by atoms with Crippen LogP contribution in [0, 0.1) is 0 Å². The van der Waals surface area contributed by atoms with Crippen LogP contribution in [-0.4, -0.2) is 22.0 Å². The molecule has 2 aromatic carbocycles. The number of hydrogen-bond acceptors (Lipinski definition) is 2. The van der Waals surface area contributed by atoms with Crippen molar-refractivity contribution in [2.75, 3.05) is 11.4 Å². The van der Waals surface area contributed by atoms with Crippen molar-refractivity contribution in [2.45, 2.75) is 116 Å². The molecule has 3 aromatic rings.